The van der Waals surface area contributed by atoms with Crippen LogP contribution in [0.1, 0.15) is 31.7 Å². The third-order valence-electron chi connectivity index (χ3n) is 3.91. The summed E-state index contributed by atoms with van der Waals surface area (Å²) in [5.74, 6) is 0.803. The molecule has 2 rings (SSSR count). The van der Waals surface area contributed by atoms with E-state index in [4.69, 9.17) is 4.74 Å². The van der Waals surface area contributed by atoms with E-state index in [0.717, 1.165) is 24.2 Å². The maximum Gasteiger partial charge on any atom is 0.246 e. The first-order valence-corrected chi connectivity index (χ1v) is 7.34. The SMILES string of the molecule is COc1ccc(/C=C/C(=O)N2CCCC(C)(O)CC2)cc1. The van der Waals surface area contributed by atoms with E-state index in [1.807, 2.05) is 42.2 Å². The quantitative estimate of drug-likeness (QED) is 0.870. The zero-order valence-electron chi connectivity index (χ0n) is 12.7. The summed E-state index contributed by atoms with van der Waals surface area (Å²) in [7, 11) is 1.63. The summed E-state index contributed by atoms with van der Waals surface area (Å²) in [5.41, 5.74) is 0.320. The Bertz CT molecular complexity index is 505. The van der Waals surface area contributed by atoms with Gasteiger partial charge in [0.1, 0.15) is 5.75 Å². The van der Waals surface area contributed by atoms with Crippen molar-refractivity contribution in [3.8, 4) is 5.75 Å². The van der Waals surface area contributed by atoms with Gasteiger partial charge in [-0.3, -0.25) is 4.79 Å². The minimum absolute atomic E-state index is 0.00326. The molecule has 1 aromatic rings. The van der Waals surface area contributed by atoms with Gasteiger partial charge in [-0.1, -0.05) is 12.1 Å². The fourth-order valence-electron chi connectivity index (χ4n) is 2.47. The molecular weight excluding hydrogens is 266 g/mol. The van der Waals surface area contributed by atoms with Crippen LogP contribution in [0.5, 0.6) is 5.75 Å². The van der Waals surface area contributed by atoms with Crippen LogP contribution in [-0.4, -0.2) is 41.7 Å². The predicted molar refractivity (Wildman–Crippen MR) is 83.1 cm³/mol. The van der Waals surface area contributed by atoms with Gasteiger partial charge in [0.2, 0.25) is 5.91 Å². The highest BCUT2D eigenvalue weighted by Gasteiger charge is 2.26. The van der Waals surface area contributed by atoms with E-state index in [1.54, 1.807) is 13.2 Å². The number of amides is 1. The van der Waals surface area contributed by atoms with Crippen LogP contribution in [0.25, 0.3) is 6.08 Å². The first-order chi connectivity index (χ1) is 10.00. The van der Waals surface area contributed by atoms with Crippen molar-refractivity contribution in [3.63, 3.8) is 0 Å². The molecule has 0 aliphatic carbocycles. The molecule has 21 heavy (non-hydrogen) atoms. The number of hydrogen-bond acceptors (Lipinski definition) is 3. The molecule has 0 radical (unpaired) electrons. The van der Waals surface area contributed by atoms with Crippen LogP contribution in [0.4, 0.5) is 0 Å². The zero-order chi connectivity index (χ0) is 15.3. The van der Waals surface area contributed by atoms with Gasteiger partial charge in [-0.2, -0.15) is 0 Å². The van der Waals surface area contributed by atoms with E-state index in [1.165, 1.54) is 0 Å². The van der Waals surface area contributed by atoms with E-state index in [2.05, 4.69) is 0 Å². The summed E-state index contributed by atoms with van der Waals surface area (Å²) in [5, 5.41) is 10.0. The highest BCUT2D eigenvalue weighted by atomic mass is 16.5. The molecule has 4 heteroatoms. The third-order valence-corrected chi connectivity index (χ3v) is 3.91. The van der Waals surface area contributed by atoms with Crippen molar-refractivity contribution in [2.24, 2.45) is 0 Å². The van der Waals surface area contributed by atoms with E-state index in [9.17, 15) is 9.90 Å². The van der Waals surface area contributed by atoms with Gasteiger partial charge in [-0.05, 0) is 50.0 Å². The van der Waals surface area contributed by atoms with Gasteiger partial charge in [0, 0.05) is 19.2 Å². The average molecular weight is 289 g/mol. The van der Waals surface area contributed by atoms with Crippen molar-refractivity contribution in [2.75, 3.05) is 20.2 Å². The molecular formula is C17H23NO3. The van der Waals surface area contributed by atoms with E-state index in [-0.39, 0.29) is 5.91 Å². The normalized spacial score (nSPS) is 23.1. The summed E-state index contributed by atoms with van der Waals surface area (Å²) >= 11 is 0. The van der Waals surface area contributed by atoms with Crippen LogP contribution < -0.4 is 4.74 Å². The molecule has 1 saturated heterocycles. The highest BCUT2D eigenvalue weighted by Crippen LogP contribution is 2.21. The number of ether oxygens (including phenoxy) is 1. The molecule has 0 saturated carbocycles. The number of methoxy groups -OCH3 is 1. The summed E-state index contributed by atoms with van der Waals surface area (Å²) in [6.45, 7) is 3.16. The largest absolute Gasteiger partial charge is 0.497 e. The van der Waals surface area contributed by atoms with Crippen molar-refractivity contribution in [3.05, 3.63) is 35.9 Å². The molecule has 0 bridgehead atoms. The Morgan fingerprint density at radius 2 is 2.00 bits per heavy atom. The van der Waals surface area contributed by atoms with Crippen LogP contribution in [0.2, 0.25) is 0 Å². The summed E-state index contributed by atoms with van der Waals surface area (Å²) < 4.78 is 5.10. The van der Waals surface area contributed by atoms with Crippen molar-refractivity contribution < 1.29 is 14.6 Å². The molecule has 0 aromatic heterocycles. The maximum absolute atomic E-state index is 12.2. The van der Waals surface area contributed by atoms with Gasteiger partial charge in [0.25, 0.3) is 0 Å². The lowest BCUT2D eigenvalue weighted by Crippen LogP contribution is -2.32. The molecule has 0 spiro atoms. The molecule has 1 heterocycles. The first kappa shape index (κ1) is 15.6. The first-order valence-electron chi connectivity index (χ1n) is 7.34. The number of benzene rings is 1. The molecule has 1 amide bonds. The second-order valence-electron chi connectivity index (χ2n) is 5.78. The topological polar surface area (TPSA) is 49.8 Å². The smallest absolute Gasteiger partial charge is 0.246 e. The zero-order valence-corrected chi connectivity index (χ0v) is 12.7. The summed E-state index contributed by atoms with van der Waals surface area (Å²) in [6.07, 6.45) is 5.63. The molecule has 1 fully saturated rings. The number of hydrogen-bond donors (Lipinski definition) is 1. The minimum atomic E-state index is -0.644. The maximum atomic E-state index is 12.2. The molecule has 114 valence electrons. The van der Waals surface area contributed by atoms with Crippen LogP contribution >= 0.6 is 0 Å². The van der Waals surface area contributed by atoms with Crippen LogP contribution in [0.3, 0.4) is 0 Å². The Hall–Kier alpha value is -1.81. The van der Waals surface area contributed by atoms with Crippen LogP contribution in [-0.2, 0) is 4.79 Å². The van der Waals surface area contributed by atoms with Crippen LogP contribution in [0, 0.1) is 0 Å². The van der Waals surface area contributed by atoms with Gasteiger partial charge in [0.05, 0.1) is 12.7 Å². The minimum Gasteiger partial charge on any atom is -0.497 e. The van der Waals surface area contributed by atoms with Gasteiger partial charge >= 0.3 is 0 Å². The molecule has 4 nitrogen and oxygen atoms in total. The number of likely N-dealkylation sites (tertiary alicyclic amines) is 1. The Balaban J connectivity index is 1.95. The van der Waals surface area contributed by atoms with E-state index < -0.39 is 5.60 Å². The Kier molecular flexibility index (Phi) is 5.02. The van der Waals surface area contributed by atoms with Crippen molar-refractivity contribution in [1.29, 1.82) is 0 Å². The third kappa shape index (κ3) is 4.60. The molecule has 1 aromatic carbocycles. The Labute approximate surface area is 126 Å². The van der Waals surface area contributed by atoms with Gasteiger partial charge in [-0.25, -0.2) is 0 Å². The number of rotatable bonds is 3. The van der Waals surface area contributed by atoms with E-state index in [0.29, 0.717) is 19.5 Å². The second-order valence-corrected chi connectivity index (χ2v) is 5.78. The average Bonchev–Trinajstić information content (AvgIpc) is 2.66. The molecule has 1 aliphatic rings. The Morgan fingerprint density at radius 1 is 1.29 bits per heavy atom. The second kappa shape index (κ2) is 6.76. The van der Waals surface area contributed by atoms with Crippen LogP contribution in [0.15, 0.2) is 30.3 Å². The molecule has 1 unspecified atom stereocenters. The van der Waals surface area contributed by atoms with Gasteiger partial charge < -0.3 is 14.7 Å². The number of nitrogens with zero attached hydrogens (tertiary/aromatic N) is 1. The van der Waals surface area contributed by atoms with Gasteiger partial charge in [0.15, 0.2) is 0 Å². The lowest BCUT2D eigenvalue weighted by atomic mass is 9.98. The molecule has 1 atom stereocenters. The van der Waals surface area contributed by atoms with Gasteiger partial charge in [-0.15, -0.1) is 0 Å². The fourth-order valence-corrected chi connectivity index (χ4v) is 2.47. The van der Waals surface area contributed by atoms with Crippen molar-refractivity contribution in [1.82, 2.24) is 4.90 Å². The highest BCUT2D eigenvalue weighted by molar-refractivity contribution is 5.91. The summed E-state index contributed by atoms with van der Waals surface area (Å²) in [6, 6.07) is 7.56. The molecule has 1 N–H and O–H groups in total. The fraction of sp³-hybridized carbons (Fsp3) is 0.471. The number of carbonyl (C=O) groups is 1. The number of carbonyl (C=O) groups excluding carboxylic acids is 1. The summed E-state index contributed by atoms with van der Waals surface area (Å²) in [4.78, 5) is 14.0. The predicted octanol–water partition coefficient (Wildman–Crippen LogP) is 2.47. The monoisotopic (exact) mass is 289 g/mol. The van der Waals surface area contributed by atoms with Crippen molar-refractivity contribution in [2.45, 2.75) is 31.8 Å². The lowest BCUT2D eigenvalue weighted by Gasteiger charge is -2.21. The lowest BCUT2D eigenvalue weighted by molar-refractivity contribution is -0.126. The number of aliphatic hydroxyl groups is 1. The standard InChI is InChI=1S/C17H23NO3/c1-17(20)10-3-12-18(13-11-17)16(19)9-6-14-4-7-15(21-2)8-5-14/h4-9,20H,3,10-13H2,1-2H3/b9-6+. The van der Waals surface area contributed by atoms with Crippen molar-refractivity contribution >= 4 is 12.0 Å². The van der Waals surface area contributed by atoms with E-state index >= 15 is 0 Å². The Morgan fingerprint density at radius 3 is 2.67 bits per heavy atom. The molecule has 1 aliphatic heterocycles.